The number of carbonyl (C=O) groups excluding carboxylic acids is 2. The zero-order chi connectivity index (χ0) is 27.7. The van der Waals surface area contributed by atoms with Gasteiger partial charge in [-0.3, -0.25) is 13.9 Å². The molecule has 0 heterocycles. The summed E-state index contributed by atoms with van der Waals surface area (Å²) in [4.78, 5) is 28.4. The maximum atomic E-state index is 13.8. The molecule has 3 aromatic carbocycles. The summed E-state index contributed by atoms with van der Waals surface area (Å²) < 4.78 is 29.5. The van der Waals surface area contributed by atoms with Crippen molar-refractivity contribution in [3.8, 4) is 0 Å². The lowest BCUT2D eigenvalue weighted by atomic mass is 10.1. The summed E-state index contributed by atoms with van der Waals surface area (Å²) in [6.45, 7) is 5.99. The number of nitrogens with zero attached hydrogens (tertiary/aromatic N) is 2. The molecule has 1 unspecified atom stereocenters. The first-order valence-electron chi connectivity index (χ1n) is 12.5. The second kappa shape index (κ2) is 13.7. The third kappa shape index (κ3) is 8.04. The smallest absolute Gasteiger partial charge is 0.264 e. The van der Waals surface area contributed by atoms with E-state index in [1.807, 2.05) is 44.2 Å². The van der Waals surface area contributed by atoms with Crippen molar-refractivity contribution >= 4 is 50.1 Å². The first-order chi connectivity index (χ1) is 18.1. The molecule has 0 bridgehead atoms. The predicted octanol–water partition coefficient (Wildman–Crippen LogP) is 4.72. The highest BCUT2D eigenvalue weighted by Crippen LogP contribution is 2.25. The van der Waals surface area contributed by atoms with Gasteiger partial charge in [-0.1, -0.05) is 62.4 Å². The third-order valence-electron chi connectivity index (χ3n) is 6.06. The fourth-order valence-corrected chi connectivity index (χ4v) is 5.67. The van der Waals surface area contributed by atoms with Gasteiger partial charge < -0.3 is 10.2 Å². The number of anilines is 1. The number of hydrogen-bond donors (Lipinski definition) is 1. The number of amides is 2. The molecule has 0 fully saturated rings. The number of carbonyl (C=O) groups is 2. The van der Waals surface area contributed by atoms with Gasteiger partial charge in [-0.15, -0.1) is 0 Å². The maximum absolute atomic E-state index is 13.8. The zero-order valence-electron chi connectivity index (χ0n) is 21.9. The van der Waals surface area contributed by atoms with E-state index in [-0.39, 0.29) is 23.3 Å². The van der Waals surface area contributed by atoms with Crippen LogP contribution in [-0.4, -0.2) is 50.8 Å². The minimum Gasteiger partial charge on any atom is -0.354 e. The van der Waals surface area contributed by atoms with E-state index < -0.39 is 28.5 Å². The minimum atomic E-state index is -4.05. The number of halogens is 1. The van der Waals surface area contributed by atoms with Crippen molar-refractivity contribution in [1.29, 1.82) is 0 Å². The van der Waals surface area contributed by atoms with Crippen LogP contribution in [0.5, 0.6) is 0 Å². The van der Waals surface area contributed by atoms with Crippen LogP contribution in [0.25, 0.3) is 0 Å². The zero-order valence-corrected chi connectivity index (χ0v) is 24.9. The van der Waals surface area contributed by atoms with Crippen LogP contribution in [-0.2, 0) is 26.0 Å². The normalized spacial score (nSPS) is 12.1. The van der Waals surface area contributed by atoms with E-state index in [1.54, 1.807) is 49.4 Å². The highest BCUT2D eigenvalue weighted by molar-refractivity contribution is 14.1. The van der Waals surface area contributed by atoms with E-state index in [0.717, 1.165) is 13.4 Å². The molecule has 202 valence electrons. The monoisotopic (exact) mass is 647 g/mol. The lowest BCUT2D eigenvalue weighted by Crippen LogP contribution is -2.52. The van der Waals surface area contributed by atoms with E-state index in [9.17, 15) is 18.0 Å². The lowest BCUT2D eigenvalue weighted by molar-refractivity contribution is -0.138. The van der Waals surface area contributed by atoms with E-state index in [0.29, 0.717) is 18.7 Å². The van der Waals surface area contributed by atoms with E-state index in [1.165, 1.54) is 17.0 Å². The average molecular weight is 648 g/mol. The second-order valence-corrected chi connectivity index (χ2v) is 12.5. The first-order valence-corrected chi connectivity index (χ1v) is 15.1. The van der Waals surface area contributed by atoms with E-state index >= 15 is 0 Å². The molecule has 7 nitrogen and oxygen atoms in total. The van der Waals surface area contributed by atoms with E-state index in [2.05, 4.69) is 27.9 Å². The molecule has 9 heteroatoms. The van der Waals surface area contributed by atoms with Crippen molar-refractivity contribution in [2.24, 2.45) is 5.92 Å². The first kappa shape index (κ1) is 29.6. The largest absolute Gasteiger partial charge is 0.354 e. The summed E-state index contributed by atoms with van der Waals surface area (Å²) in [6, 6.07) is 23.9. The highest BCUT2D eigenvalue weighted by atomic mass is 127. The van der Waals surface area contributed by atoms with Gasteiger partial charge in [0.1, 0.15) is 12.6 Å². The van der Waals surface area contributed by atoms with Crippen molar-refractivity contribution in [3.63, 3.8) is 0 Å². The molecular weight excluding hydrogens is 613 g/mol. The van der Waals surface area contributed by atoms with Crippen LogP contribution < -0.4 is 9.62 Å². The molecule has 1 atom stereocenters. The molecular formula is C29H34IN3O4S. The molecule has 0 aromatic heterocycles. The van der Waals surface area contributed by atoms with Gasteiger partial charge in [0.2, 0.25) is 11.8 Å². The van der Waals surface area contributed by atoms with E-state index in [4.69, 9.17) is 0 Å². The Morgan fingerprint density at radius 2 is 1.45 bits per heavy atom. The summed E-state index contributed by atoms with van der Waals surface area (Å²) in [5.41, 5.74) is 1.40. The van der Waals surface area contributed by atoms with Gasteiger partial charge >= 0.3 is 0 Å². The number of sulfonamides is 1. The SMILES string of the molecule is CC(C)CNC(=O)C(C)N(CCc1ccccc1)C(=O)CN(c1ccc(I)cc1)S(=O)(=O)c1ccccc1. The maximum Gasteiger partial charge on any atom is 0.264 e. The molecule has 0 aliphatic rings. The topological polar surface area (TPSA) is 86.8 Å². The molecule has 0 saturated heterocycles. The molecule has 0 spiro atoms. The Labute approximate surface area is 239 Å². The molecule has 0 aliphatic carbocycles. The summed E-state index contributed by atoms with van der Waals surface area (Å²) >= 11 is 2.15. The standard InChI is InChI=1S/C29H34IN3O4S/c1-22(2)20-31-29(35)23(3)32(19-18-24-10-6-4-7-11-24)28(34)21-33(26-16-14-25(30)15-17-26)38(36,37)27-12-8-5-9-13-27/h4-17,22-23H,18-21H2,1-3H3,(H,31,35). The summed E-state index contributed by atoms with van der Waals surface area (Å²) in [5, 5.41) is 2.90. The molecule has 0 aliphatic heterocycles. The van der Waals surface area contributed by atoms with Crippen molar-refractivity contribution in [3.05, 3.63) is 94.1 Å². The lowest BCUT2D eigenvalue weighted by Gasteiger charge is -2.32. The molecule has 0 radical (unpaired) electrons. The minimum absolute atomic E-state index is 0.0879. The van der Waals surface area contributed by atoms with Crippen molar-refractivity contribution in [1.82, 2.24) is 10.2 Å². The van der Waals surface area contributed by atoms with Gasteiger partial charge in [0.15, 0.2) is 0 Å². The molecule has 3 rings (SSSR count). The van der Waals surface area contributed by atoms with Crippen LogP contribution in [0.3, 0.4) is 0 Å². The van der Waals surface area contributed by atoms with Crippen molar-refractivity contribution in [2.75, 3.05) is 23.9 Å². The van der Waals surface area contributed by atoms with Gasteiger partial charge in [-0.2, -0.15) is 0 Å². The Hall–Kier alpha value is -2.92. The van der Waals surface area contributed by atoms with Crippen LogP contribution in [0.4, 0.5) is 5.69 Å². The predicted molar refractivity (Wildman–Crippen MR) is 159 cm³/mol. The molecule has 1 N–H and O–H groups in total. The summed E-state index contributed by atoms with van der Waals surface area (Å²) in [6.07, 6.45) is 0.531. The van der Waals surface area contributed by atoms with Crippen LogP contribution >= 0.6 is 22.6 Å². The average Bonchev–Trinajstić information content (AvgIpc) is 2.92. The number of nitrogens with one attached hydrogen (secondary N) is 1. The Bertz CT molecular complexity index is 1300. The summed E-state index contributed by atoms with van der Waals surface area (Å²) in [5.74, 6) is -0.468. The Balaban J connectivity index is 1.94. The number of rotatable bonds is 12. The summed E-state index contributed by atoms with van der Waals surface area (Å²) in [7, 11) is -4.05. The van der Waals surface area contributed by atoms with Crippen LogP contribution in [0.1, 0.15) is 26.3 Å². The van der Waals surface area contributed by atoms with Gasteiger partial charge in [0.05, 0.1) is 10.6 Å². The van der Waals surface area contributed by atoms with Crippen molar-refractivity contribution < 1.29 is 18.0 Å². The van der Waals surface area contributed by atoms with Gasteiger partial charge in [0.25, 0.3) is 10.0 Å². The molecule has 0 saturated carbocycles. The second-order valence-electron chi connectivity index (χ2n) is 9.44. The van der Waals surface area contributed by atoms with Crippen LogP contribution in [0.2, 0.25) is 0 Å². The molecule has 2 amide bonds. The molecule has 3 aromatic rings. The number of hydrogen-bond acceptors (Lipinski definition) is 4. The van der Waals surface area contributed by atoms with Gasteiger partial charge in [0, 0.05) is 16.7 Å². The Kier molecular flexibility index (Phi) is 10.7. The fourth-order valence-electron chi connectivity index (χ4n) is 3.88. The fraction of sp³-hybridized carbons (Fsp3) is 0.310. The van der Waals surface area contributed by atoms with Gasteiger partial charge in [-0.25, -0.2) is 8.42 Å². The van der Waals surface area contributed by atoms with Crippen LogP contribution in [0.15, 0.2) is 89.8 Å². The third-order valence-corrected chi connectivity index (χ3v) is 8.57. The highest BCUT2D eigenvalue weighted by Gasteiger charge is 2.32. The quantitative estimate of drug-likeness (QED) is 0.289. The van der Waals surface area contributed by atoms with Crippen molar-refractivity contribution in [2.45, 2.75) is 38.1 Å². The van der Waals surface area contributed by atoms with Crippen LogP contribution in [0, 0.1) is 9.49 Å². The van der Waals surface area contributed by atoms with Gasteiger partial charge in [-0.05, 0) is 83.8 Å². The Morgan fingerprint density at radius 3 is 2.03 bits per heavy atom. The number of benzene rings is 3. The molecule has 38 heavy (non-hydrogen) atoms. The Morgan fingerprint density at radius 1 is 0.868 bits per heavy atom.